The monoisotopic (exact) mass is 230 g/mol. The molecule has 0 spiro atoms. The lowest BCUT2D eigenvalue weighted by Crippen LogP contribution is -2.26. The van der Waals surface area contributed by atoms with E-state index in [1.165, 1.54) is 23.1 Å². The molecule has 1 heterocycles. The molecule has 0 radical (unpaired) electrons. The number of pyridine rings is 1. The summed E-state index contributed by atoms with van der Waals surface area (Å²) in [5.41, 5.74) is 0.984. The van der Waals surface area contributed by atoms with Crippen LogP contribution in [-0.2, 0) is 0 Å². The Balaban J connectivity index is 2.27. The number of carbonyl (C=O) groups is 1. The molecule has 2 rings (SSSR count). The highest BCUT2D eigenvalue weighted by Gasteiger charge is 2.13. The van der Waals surface area contributed by atoms with Crippen LogP contribution in [0.2, 0.25) is 0 Å². The largest absolute Gasteiger partial charge is 0.310 e. The molecule has 2 aromatic rings. The second-order valence-corrected chi connectivity index (χ2v) is 3.59. The molecule has 0 atom stereocenters. The first-order chi connectivity index (χ1) is 8.18. The van der Waals surface area contributed by atoms with Gasteiger partial charge >= 0.3 is 0 Å². The van der Waals surface area contributed by atoms with Crippen molar-refractivity contribution in [3.05, 3.63) is 60.2 Å². The fraction of sp³-hybridized carbons (Fsp3) is 0.0769. The van der Waals surface area contributed by atoms with Crippen molar-refractivity contribution in [2.24, 2.45) is 0 Å². The Bertz CT molecular complexity index is 528. The molecule has 0 unspecified atom stereocenters. The summed E-state index contributed by atoms with van der Waals surface area (Å²) in [6.07, 6.45) is 3.21. The van der Waals surface area contributed by atoms with E-state index in [-0.39, 0.29) is 5.91 Å². The van der Waals surface area contributed by atoms with Crippen LogP contribution in [0.5, 0.6) is 0 Å². The van der Waals surface area contributed by atoms with Crippen molar-refractivity contribution in [3.63, 3.8) is 0 Å². The van der Waals surface area contributed by atoms with Crippen LogP contribution in [0.15, 0.2) is 48.8 Å². The molecule has 3 nitrogen and oxygen atoms in total. The Morgan fingerprint density at radius 2 is 2.12 bits per heavy atom. The van der Waals surface area contributed by atoms with Crippen molar-refractivity contribution in [1.29, 1.82) is 0 Å². The molecule has 0 fully saturated rings. The van der Waals surface area contributed by atoms with Crippen LogP contribution >= 0.6 is 0 Å². The number of anilines is 1. The molecule has 1 amide bonds. The molecule has 86 valence electrons. The fourth-order valence-electron chi connectivity index (χ4n) is 1.48. The third-order valence-electron chi connectivity index (χ3n) is 2.41. The van der Waals surface area contributed by atoms with Gasteiger partial charge in [0.15, 0.2) is 0 Å². The Labute approximate surface area is 98.5 Å². The standard InChI is InChI=1S/C13H11FN2O/c1-16(12-6-3-7-15-9-12)13(17)10-4-2-5-11(14)8-10/h2-9H,1H3. The summed E-state index contributed by atoms with van der Waals surface area (Å²) in [6, 6.07) is 9.13. The summed E-state index contributed by atoms with van der Waals surface area (Å²) in [7, 11) is 1.63. The molecular weight excluding hydrogens is 219 g/mol. The van der Waals surface area contributed by atoms with E-state index in [1.54, 1.807) is 37.6 Å². The van der Waals surface area contributed by atoms with Crippen molar-refractivity contribution < 1.29 is 9.18 Å². The van der Waals surface area contributed by atoms with Gasteiger partial charge in [-0.15, -0.1) is 0 Å². The highest BCUT2D eigenvalue weighted by molar-refractivity contribution is 6.05. The molecule has 0 aliphatic heterocycles. The molecule has 17 heavy (non-hydrogen) atoms. The second-order valence-electron chi connectivity index (χ2n) is 3.59. The van der Waals surface area contributed by atoms with Crippen LogP contribution in [0, 0.1) is 5.82 Å². The van der Waals surface area contributed by atoms with Crippen LogP contribution in [0.1, 0.15) is 10.4 Å². The van der Waals surface area contributed by atoms with Crippen molar-refractivity contribution in [2.45, 2.75) is 0 Å². The number of nitrogens with zero attached hydrogens (tertiary/aromatic N) is 2. The van der Waals surface area contributed by atoms with Crippen molar-refractivity contribution in [1.82, 2.24) is 4.98 Å². The van der Waals surface area contributed by atoms with Crippen LogP contribution in [0.25, 0.3) is 0 Å². The topological polar surface area (TPSA) is 33.2 Å². The van der Waals surface area contributed by atoms with E-state index >= 15 is 0 Å². The Morgan fingerprint density at radius 1 is 1.29 bits per heavy atom. The molecule has 4 heteroatoms. The first-order valence-corrected chi connectivity index (χ1v) is 5.12. The van der Waals surface area contributed by atoms with Crippen molar-refractivity contribution in [2.75, 3.05) is 11.9 Å². The van der Waals surface area contributed by atoms with E-state index in [4.69, 9.17) is 0 Å². The Kier molecular flexibility index (Phi) is 3.14. The fourth-order valence-corrected chi connectivity index (χ4v) is 1.48. The minimum Gasteiger partial charge on any atom is -0.310 e. The SMILES string of the molecule is CN(C(=O)c1cccc(F)c1)c1cccnc1. The number of benzene rings is 1. The third-order valence-corrected chi connectivity index (χ3v) is 2.41. The maximum absolute atomic E-state index is 13.0. The summed E-state index contributed by atoms with van der Waals surface area (Å²) in [6.45, 7) is 0. The van der Waals surface area contributed by atoms with Gasteiger partial charge in [0.25, 0.3) is 5.91 Å². The van der Waals surface area contributed by atoms with Gasteiger partial charge in [-0.25, -0.2) is 4.39 Å². The number of hydrogen-bond acceptors (Lipinski definition) is 2. The van der Waals surface area contributed by atoms with E-state index in [9.17, 15) is 9.18 Å². The molecule has 0 aliphatic rings. The number of halogens is 1. The zero-order valence-corrected chi connectivity index (χ0v) is 9.30. The van der Waals surface area contributed by atoms with Gasteiger partial charge in [-0.3, -0.25) is 9.78 Å². The summed E-state index contributed by atoms with van der Waals surface area (Å²) in [5, 5.41) is 0. The van der Waals surface area contributed by atoms with E-state index in [0.717, 1.165) is 0 Å². The number of hydrogen-bond donors (Lipinski definition) is 0. The number of rotatable bonds is 2. The summed E-state index contributed by atoms with van der Waals surface area (Å²) >= 11 is 0. The molecule has 0 N–H and O–H groups in total. The van der Waals surface area contributed by atoms with Gasteiger partial charge in [0.05, 0.1) is 11.9 Å². The number of amides is 1. The minimum atomic E-state index is -0.421. The summed E-state index contributed by atoms with van der Waals surface area (Å²) < 4.78 is 13.0. The van der Waals surface area contributed by atoms with Crippen LogP contribution < -0.4 is 4.90 Å². The Hall–Kier alpha value is -2.23. The van der Waals surface area contributed by atoms with Gasteiger partial charge in [-0.05, 0) is 30.3 Å². The van der Waals surface area contributed by atoms with Gasteiger partial charge in [-0.1, -0.05) is 6.07 Å². The van der Waals surface area contributed by atoms with Gasteiger partial charge in [0, 0.05) is 18.8 Å². The van der Waals surface area contributed by atoms with Gasteiger partial charge in [0.1, 0.15) is 5.82 Å². The third kappa shape index (κ3) is 2.47. The van der Waals surface area contributed by atoms with Crippen LogP contribution in [-0.4, -0.2) is 17.9 Å². The van der Waals surface area contributed by atoms with E-state index < -0.39 is 5.82 Å². The number of carbonyl (C=O) groups excluding carboxylic acids is 1. The van der Waals surface area contributed by atoms with Crippen molar-refractivity contribution in [3.8, 4) is 0 Å². The van der Waals surface area contributed by atoms with Crippen molar-refractivity contribution >= 4 is 11.6 Å². The predicted octanol–water partition coefficient (Wildman–Crippen LogP) is 2.50. The highest BCUT2D eigenvalue weighted by atomic mass is 19.1. The molecule has 0 saturated carbocycles. The van der Waals surface area contributed by atoms with Gasteiger partial charge < -0.3 is 4.90 Å². The highest BCUT2D eigenvalue weighted by Crippen LogP contribution is 2.14. The predicted molar refractivity (Wildman–Crippen MR) is 63.4 cm³/mol. The van der Waals surface area contributed by atoms with Crippen LogP contribution in [0.4, 0.5) is 10.1 Å². The first-order valence-electron chi connectivity index (χ1n) is 5.12. The van der Waals surface area contributed by atoms with Gasteiger partial charge in [0.2, 0.25) is 0 Å². The lowest BCUT2D eigenvalue weighted by atomic mass is 10.2. The maximum Gasteiger partial charge on any atom is 0.258 e. The smallest absolute Gasteiger partial charge is 0.258 e. The average molecular weight is 230 g/mol. The minimum absolute atomic E-state index is 0.266. The normalized spacial score (nSPS) is 10.0. The molecule has 0 bridgehead atoms. The lowest BCUT2D eigenvalue weighted by molar-refractivity contribution is 0.0992. The first kappa shape index (κ1) is 11.3. The molecule has 0 saturated heterocycles. The quantitative estimate of drug-likeness (QED) is 0.794. The molecule has 0 aliphatic carbocycles. The zero-order chi connectivity index (χ0) is 12.3. The summed E-state index contributed by atoms with van der Waals surface area (Å²) in [4.78, 5) is 17.4. The Morgan fingerprint density at radius 3 is 2.76 bits per heavy atom. The lowest BCUT2D eigenvalue weighted by Gasteiger charge is -2.16. The molecule has 1 aromatic heterocycles. The average Bonchev–Trinajstić information content (AvgIpc) is 2.38. The summed E-state index contributed by atoms with van der Waals surface area (Å²) in [5.74, 6) is -0.687. The second kappa shape index (κ2) is 4.74. The van der Waals surface area contributed by atoms with Gasteiger partial charge in [-0.2, -0.15) is 0 Å². The van der Waals surface area contributed by atoms with Crippen LogP contribution in [0.3, 0.4) is 0 Å². The maximum atomic E-state index is 13.0. The van der Waals surface area contributed by atoms with E-state index in [2.05, 4.69) is 4.98 Å². The number of aromatic nitrogens is 1. The zero-order valence-electron chi connectivity index (χ0n) is 9.30. The molecule has 1 aromatic carbocycles. The van der Waals surface area contributed by atoms with E-state index in [0.29, 0.717) is 11.3 Å². The molecular formula is C13H11FN2O. The van der Waals surface area contributed by atoms with E-state index in [1.807, 2.05) is 0 Å².